The van der Waals surface area contributed by atoms with Crippen LogP contribution in [0.25, 0.3) is 11.4 Å². The summed E-state index contributed by atoms with van der Waals surface area (Å²) in [7, 11) is 0. The molecular weight excluding hydrogens is 414 g/mol. The highest BCUT2D eigenvalue weighted by Crippen LogP contribution is 2.32. The lowest BCUT2D eigenvalue weighted by molar-refractivity contribution is -0.117. The normalized spacial score (nSPS) is 17.1. The number of nitrogens with zero attached hydrogens (tertiary/aromatic N) is 3. The van der Waals surface area contributed by atoms with Gasteiger partial charge in [-0.05, 0) is 54.8 Å². The molecule has 0 aliphatic carbocycles. The van der Waals surface area contributed by atoms with Crippen molar-refractivity contribution in [2.24, 2.45) is 0 Å². The molecule has 1 aliphatic heterocycles. The van der Waals surface area contributed by atoms with Crippen LogP contribution in [0.5, 0.6) is 0 Å². The molecule has 132 valence electrons. The lowest BCUT2D eigenvalue weighted by Gasteiger charge is -2.16. The second kappa shape index (κ2) is 7.25. The Kier molecular flexibility index (Phi) is 4.82. The molecule has 4 rings (SSSR count). The number of aromatic nitrogens is 2. The van der Waals surface area contributed by atoms with Gasteiger partial charge in [-0.2, -0.15) is 4.98 Å². The summed E-state index contributed by atoms with van der Waals surface area (Å²) in [5, 5.41) is 4.07. The zero-order chi connectivity index (χ0) is 18.1. The van der Waals surface area contributed by atoms with Gasteiger partial charge in [0, 0.05) is 33.6 Å². The van der Waals surface area contributed by atoms with Crippen LogP contribution < -0.4 is 4.90 Å². The van der Waals surface area contributed by atoms with Gasteiger partial charge in [-0.15, -0.1) is 11.8 Å². The van der Waals surface area contributed by atoms with Crippen LogP contribution in [0.4, 0.5) is 5.69 Å². The van der Waals surface area contributed by atoms with Crippen LogP contribution in [-0.4, -0.2) is 28.8 Å². The highest BCUT2D eigenvalue weighted by atomic mass is 79.9. The number of hydrogen-bond acceptors (Lipinski definition) is 5. The summed E-state index contributed by atoms with van der Waals surface area (Å²) in [6, 6.07) is 15.7. The van der Waals surface area contributed by atoms with Gasteiger partial charge in [0.15, 0.2) is 0 Å². The zero-order valence-corrected chi connectivity index (χ0v) is 16.5. The van der Waals surface area contributed by atoms with E-state index in [0.29, 0.717) is 24.7 Å². The molecular formula is C19H16BrN3O2S. The van der Waals surface area contributed by atoms with E-state index < -0.39 is 0 Å². The molecule has 1 fully saturated rings. The highest BCUT2D eigenvalue weighted by Gasteiger charge is 2.35. The third-order valence-corrected chi connectivity index (χ3v) is 5.67. The molecule has 2 aromatic carbocycles. The SMILES string of the molecule is CSc1ccc(N2CC(c3nc(-c4ccc(Br)cc4)no3)CC2=O)cc1. The number of carbonyl (C=O) groups excluding carboxylic acids is 1. The quantitative estimate of drug-likeness (QED) is 0.560. The first-order valence-electron chi connectivity index (χ1n) is 8.18. The third-order valence-electron chi connectivity index (χ3n) is 4.40. The molecule has 0 saturated carbocycles. The smallest absolute Gasteiger partial charge is 0.232 e. The zero-order valence-electron chi connectivity index (χ0n) is 14.1. The van der Waals surface area contributed by atoms with E-state index in [1.54, 1.807) is 16.7 Å². The van der Waals surface area contributed by atoms with Crippen molar-refractivity contribution in [2.75, 3.05) is 17.7 Å². The van der Waals surface area contributed by atoms with E-state index in [0.717, 1.165) is 15.7 Å². The van der Waals surface area contributed by atoms with Gasteiger partial charge in [-0.1, -0.05) is 21.1 Å². The van der Waals surface area contributed by atoms with E-state index in [9.17, 15) is 4.79 Å². The lowest BCUT2D eigenvalue weighted by atomic mass is 10.1. The van der Waals surface area contributed by atoms with Crippen LogP contribution in [0.15, 0.2) is 62.4 Å². The molecule has 1 amide bonds. The molecule has 2 heterocycles. The molecule has 1 aliphatic rings. The summed E-state index contributed by atoms with van der Waals surface area (Å²) < 4.78 is 6.44. The number of rotatable bonds is 4. The molecule has 26 heavy (non-hydrogen) atoms. The number of amides is 1. The van der Waals surface area contributed by atoms with Crippen molar-refractivity contribution in [2.45, 2.75) is 17.2 Å². The van der Waals surface area contributed by atoms with Crippen molar-refractivity contribution < 1.29 is 9.32 Å². The first-order valence-corrected chi connectivity index (χ1v) is 10.2. The summed E-state index contributed by atoms with van der Waals surface area (Å²) in [5.41, 5.74) is 1.79. The molecule has 1 aromatic heterocycles. The van der Waals surface area contributed by atoms with Crippen molar-refractivity contribution in [3.63, 3.8) is 0 Å². The summed E-state index contributed by atoms with van der Waals surface area (Å²) in [4.78, 5) is 19.9. The van der Waals surface area contributed by atoms with Crippen molar-refractivity contribution in [3.8, 4) is 11.4 Å². The van der Waals surface area contributed by atoms with Crippen LogP contribution in [-0.2, 0) is 4.79 Å². The average molecular weight is 430 g/mol. The van der Waals surface area contributed by atoms with Crippen LogP contribution in [0.3, 0.4) is 0 Å². The molecule has 1 unspecified atom stereocenters. The number of anilines is 1. The van der Waals surface area contributed by atoms with E-state index in [1.165, 1.54) is 4.90 Å². The molecule has 0 radical (unpaired) electrons. The number of hydrogen-bond donors (Lipinski definition) is 0. The van der Waals surface area contributed by atoms with E-state index in [2.05, 4.69) is 26.1 Å². The summed E-state index contributed by atoms with van der Waals surface area (Å²) in [6.07, 6.45) is 2.41. The number of thioether (sulfide) groups is 1. The van der Waals surface area contributed by atoms with Crippen molar-refractivity contribution in [3.05, 3.63) is 58.9 Å². The molecule has 0 bridgehead atoms. The average Bonchev–Trinajstić information content (AvgIpc) is 3.29. The second-order valence-corrected chi connectivity index (χ2v) is 7.86. The second-order valence-electron chi connectivity index (χ2n) is 6.07. The molecule has 5 nitrogen and oxygen atoms in total. The van der Waals surface area contributed by atoms with Gasteiger partial charge in [0.2, 0.25) is 17.6 Å². The maximum absolute atomic E-state index is 12.5. The van der Waals surface area contributed by atoms with Crippen molar-refractivity contribution in [1.82, 2.24) is 10.1 Å². The van der Waals surface area contributed by atoms with Gasteiger partial charge < -0.3 is 9.42 Å². The first kappa shape index (κ1) is 17.3. The maximum Gasteiger partial charge on any atom is 0.232 e. The van der Waals surface area contributed by atoms with Crippen molar-refractivity contribution >= 4 is 39.3 Å². The van der Waals surface area contributed by atoms with Gasteiger partial charge in [-0.25, -0.2) is 0 Å². The summed E-state index contributed by atoms with van der Waals surface area (Å²) in [6.45, 7) is 0.555. The fourth-order valence-electron chi connectivity index (χ4n) is 3.00. The first-order chi connectivity index (χ1) is 12.6. The van der Waals surface area contributed by atoms with Gasteiger partial charge >= 0.3 is 0 Å². The fourth-order valence-corrected chi connectivity index (χ4v) is 3.67. The Labute approximate surface area is 163 Å². The van der Waals surface area contributed by atoms with Crippen molar-refractivity contribution in [1.29, 1.82) is 0 Å². The maximum atomic E-state index is 12.5. The predicted molar refractivity (Wildman–Crippen MR) is 105 cm³/mol. The van der Waals surface area contributed by atoms with E-state index in [4.69, 9.17) is 4.52 Å². The monoisotopic (exact) mass is 429 g/mol. The van der Waals surface area contributed by atoms with Crippen LogP contribution >= 0.6 is 27.7 Å². The van der Waals surface area contributed by atoms with Gasteiger partial charge in [-0.3, -0.25) is 4.79 Å². The Morgan fingerprint density at radius 2 is 1.88 bits per heavy atom. The minimum atomic E-state index is -0.0839. The van der Waals surface area contributed by atoms with Crippen LogP contribution in [0, 0.1) is 0 Å². The summed E-state index contributed by atoms with van der Waals surface area (Å²) >= 11 is 5.09. The topological polar surface area (TPSA) is 59.2 Å². The predicted octanol–water partition coefficient (Wildman–Crippen LogP) is 4.74. The standard InChI is InChI=1S/C19H16BrN3O2S/c1-26-16-8-6-15(7-9-16)23-11-13(10-17(23)24)19-21-18(22-25-19)12-2-4-14(20)5-3-12/h2-9,13H,10-11H2,1H3. The van der Waals surface area contributed by atoms with Gasteiger partial charge in [0.25, 0.3) is 0 Å². The number of carbonyl (C=O) groups is 1. The van der Waals surface area contributed by atoms with E-state index in [1.807, 2.05) is 54.8 Å². The minimum absolute atomic E-state index is 0.0790. The molecule has 0 spiro atoms. The minimum Gasteiger partial charge on any atom is -0.339 e. The Balaban J connectivity index is 1.52. The van der Waals surface area contributed by atoms with Crippen LogP contribution in [0.1, 0.15) is 18.2 Å². The Bertz CT molecular complexity index is 925. The molecule has 0 N–H and O–H groups in total. The largest absolute Gasteiger partial charge is 0.339 e. The summed E-state index contributed by atoms with van der Waals surface area (Å²) in [5.74, 6) is 1.05. The van der Waals surface area contributed by atoms with Gasteiger partial charge in [0.1, 0.15) is 0 Å². The molecule has 3 aromatic rings. The third kappa shape index (κ3) is 3.41. The Morgan fingerprint density at radius 1 is 1.15 bits per heavy atom. The van der Waals surface area contributed by atoms with Gasteiger partial charge in [0.05, 0.1) is 5.92 Å². The van der Waals surface area contributed by atoms with E-state index in [-0.39, 0.29) is 11.8 Å². The van der Waals surface area contributed by atoms with Crippen LogP contribution in [0.2, 0.25) is 0 Å². The highest BCUT2D eigenvalue weighted by molar-refractivity contribution is 9.10. The lowest BCUT2D eigenvalue weighted by Crippen LogP contribution is -2.24. The molecule has 1 saturated heterocycles. The Hall–Kier alpha value is -2.12. The van der Waals surface area contributed by atoms with E-state index >= 15 is 0 Å². The Morgan fingerprint density at radius 3 is 2.58 bits per heavy atom. The fraction of sp³-hybridized carbons (Fsp3) is 0.211. The number of benzene rings is 2. The molecule has 1 atom stereocenters. The number of halogens is 1. The molecule has 7 heteroatoms.